The third kappa shape index (κ3) is 4.51. The lowest BCUT2D eigenvalue weighted by Crippen LogP contribution is -2.25. The van der Waals surface area contributed by atoms with Gasteiger partial charge in [0.25, 0.3) is 0 Å². The number of carbonyl (C=O) groups excluding carboxylic acids is 2. The maximum Gasteiger partial charge on any atom is 0.317 e. The third-order valence-corrected chi connectivity index (χ3v) is 6.06. The number of nitrogens with zero attached hydrogens (tertiary/aromatic N) is 1. The molecule has 6 heteroatoms. The maximum atomic E-state index is 12.4. The molecular weight excluding hydrogens is 366 g/mol. The number of ketones is 1. The van der Waals surface area contributed by atoms with Crippen LogP contribution in [0.15, 0.2) is 52.9 Å². The minimum Gasteiger partial charge on any atom is -0.454 e. The van der Waals surface area contributed by atoms with E-state index in [0.717, 1.165) is 21.0 Å². The topological polar surface area (TPSA) is 56.3 Å². The summed E-state index contributed by atoms with van der Waals surface area (Å²) in [4.78, 5) is 28.9. The molecule has 0 bridgehead atoms. The van der Waals surface area contributed by atoms with Gasteiger partial charge in [0.2, 0.25) is 5.78 Å². The number of carbonyl (C=O) groups is 2. The van der Waals surface area contributed by atoms with E-state index in [9.17, 15) is 9.59 Å². The van der Waals surface area contributed by atoms with E-state index in [0.29, 0.717) is 5.56 Å². The normalized spacial score (nSPS) is 12.1. The molecule has 2 aromatic carbocycles. The Hall–Kier alpha value is -2.18. The Morgan fingerprint density at radius 2 is 1.88 bits per heavy atom. The Bertz CT molecular complexity index is 885. The predicted octanol–water partition coefficient (Wildman–Crippen LogP) is 4.77. The standard InChI is InChI=1S/C20H19NO3S2/c1-3-14-8-10-15(11-9-14)19(23)13(2)24-18(22)12-25-20-21-16-6-4-5-7-17(16)26-20/h4-11,13H,3,12H2,1-2H3/t13-/m0/s1. The molecule has 0 radical (unpaired) electrons. The molecule has 1 heterocycles. The van der Waals surface area contributed by atoms with Gasteiger partial charge in [-0.2, -0.15) is 0 Å². The van der Waals surface area contributed by atoms with Gasteiger partial charge in [-0.15, -0.1) is 11.3 Å². The Morgan fingerprint density at radius 1 is 1.15 bits per heavy atom. The van der Waals surface area contributed by atoms with Crippen LogP contribution in [0.1, 0.15) is 29.8 Å². The molecule has 0 unspecified atom stereocenters. The van der Waals surface area contributed by atoms with Crippen LogP contribution >= 0.6 is 23.1 Å². The van der Waals surface area contributed by atoms with E-state index >= 15 is 0 Å². The highest BCUT2D eigenvalue weighted by Gasteiger charge is 2.20. The Balaban J connectivity index is 1.53. The molecule has 0 aliphatic rings. The average molecular weight is 386 g/mol. The van der Waals surface area contributed by atoms with E-state index in [1.807, 2.05) is 36.4 Å². The molecular formula is C20H19NO3S2. The van der Waals surface area contributed by atoms with E-state index in [-0.39, 0.29) is 11.5 Å². The number of thioether (sulfide) groups is 1. The van der Waals surface area contributed by atoms with Gasteiger partial charge >= 0.3 is 5.97 Å². The van der Waals surface area contributed by atoms with Crippen molar-refractivity contribution >= 4 is 45.1 Å². The maximum absolute atomic E-state index is 12.4. The van der Waals surface area contributed by atoms with Crippen molar-refractivity contribution < 1.29 is 14.3 Å². The Labute approximate surface area is 160 Å². The quantitative estimate of drug-likeness (QED) is 0.333. The van der Waals surface area contributed by atoms with Crippen LogP contribution in [0.25, 0.3) is 10.2 Å². The molecule has 3 rings (SSSR count). The second kappa shape index (κ2) is 8.47. The van der Waals surface area contributed by atoms with Crippen LogP contribution in [0.2, 0.25) is 0 Å². The zero-order valence-electron chi connectivity index (χ0n) is 14.6. The van der Waals surface area contributed by atoms with Crippen LogP contribution in [-0.2, 0) is 16.0 Å². The first-order chi connectivity index (χ1) is 12.6. The summed E-state index contributed by atoms with van der Waals surface area (Å²) in [5.74, 6) is -0.474. The first kappa shape index (κ1) is 18.6. The van der Waals surface area contributed by atoms with E-state index < -0.39 is 12.1 Å². The zero-order valence-corrected chi connectivity index (χ0v) is 16.2. The molecule has 134 valence electrons. The number of fused-ring (bicyclic) bond motifs is 1. The summed E-state index contributed by atoms with van der Waals surface area (Å²) in [6.07, 6.45) is 0.119. The number of hydrogen-bond acceptors (Lipinski definition) is 6. The van der Waals surface area contributed by atoms with Crippen LogP contribution in [-0.4, -0.2) is 28.6 Å². The summed E-state index contributed by atoms with van der Waals surface area (Å²) in [7, 11) is 0. The number of Topliss-reactive ketones (excluding diaryl/α,β-unsaturated/α-hetero) is 1. The van der Waals surface area contributed by atoms with Crippen molar-refractivity contribution in [2.45, 2.75) is 30.7 Å². The van der Waals surface area contributed by atoms with Gasteiger partial charge in [-0.1, -0.05) is 55.1 Å². The summed E-state index contributed by atoms with van der Waals surface area (Å²) in [5, 5.41) is 0. The van der Waals surface area contributed by atoms with Crippen molar-refractivity contribution in [1.82, 2.24) is 4.98 Å². The van der Waals surface area contributed by atoms with Gasteiger partial charge in [0.15, 0.2) is 10.4 Å². The second-order valence-corrected chi connectivity index (χ2v) is 8.04. The predicted molar refractivity (Wildman–Crippen MR) is 106 cm³/mol. The van der Waals surface area contributed by atoms with Crippen LogP contribution in [0, 0.1) is 0 Å². The summed E-state index contributed by atoms with van der Waals surface area (Å²) in [6.45, 7) is 3.67. The van der Waals surface area contributed by atoms with Gasteiger partial charge < -0.3 is 4.74 Å². The molecule has 0 aliphatic heterocycles. The van der Waals surface area contributed by atoms with Gasteiger partial charge in [0.05, 0.1) is 16.0 Å². The van der Waals surface area contributed by atoms with Gasteiger partial charge in [-0.05, 0) is 31.0 Å². The van der Waals surface area contributed by atoms with Crippen molar-refractivity contribution in [1.29, 1.82) is 0 Å². The highest BCUT2D eigenvalue weighted by molar-refractivity contribution is 8.01. The molecule has 3 aromatic rings. The summed E-state index contributed by atoms with van der Waals surface area (Å²) >= 11 is 2.87. The van der Waals surface area contributed by atoms with Crippen molar-refractivity contribution in [3.8, 4) is 0 Å². The van der Waals surface area contributed by atoms with E-state index in [2.05, 4.69) is 11.9 Å². The minimum atomic E-state index is -0.800. The lowest BCUT2D eigenvalue weighted by Gasteiger charge is -2.12. The smallest absolute Gasteiger partial charge is 0.317 e. The lowest BCUT2D eigenvalue weighted by molar-refractivity contribution is -0.143. The highest BCUT2D eigenvalue weighted by atomic mass is 32.2. The number of aryl methyl sites for hydroxylation is 1. The van der Waals surface area contributed by atoms with Crippen LogP contribution in [0.5, 0.6) is 0 Å². The largest absolute Gasteiger partial charge is 0.454 e. The van der Waals surface area contributed by atoms with Crippen molar-refractivity contribution in [2.24, 2.45) is 0 Å². The number of esters is 1. The van der Waals surface area contributed by atoms with Gasteiger partial charge in [0.1, 0.15) is 0 Å². The molecule has 1 aromatic heterocycles. The van der Waals surface area contributed by atoms with Gasteiger partial charge in [-0.3, -0.25) is 9.59 Å². The van der Waals surface area contributed by atoms with Gasteiger partial charge in [-0.25, -0.2) is 4.98 Å². The van der Waals surface area contributed by atoms with E-state index in [1.54, 1.807) is 30.4 Å². The van der Waals surface area contributed by atoms with Crippen LogP contribution in [0.3, 0.4) is 0 Å². The minimum absolute atomic E-state index is 0.131. The van der Waals surface area contributed by atoms with Gasteiger partial charge in [0, 0.05) is 5.56 Å². The molecule has 0 spiro atoms. The first-order valence-electron chi connectivity index (χ1n) is 8.38. The van der Waals surface area contributed by atoms with Crippen molar-refractivity contribution in [3.63, 3.8) is 0 Å². The molecule has 4 nitrogen and oxygen atoms in total. The second-order valence-electron chi connectivity index (χ2n) is 5.78. The number of aromatic nitrogens is 1. The monoisotopic (exact) mass is 385 g/mol. The number of para-hydroxylation sites is 1. The number of thiazole rings is 1. The van der Waals surface area contributed by atoms with E-state index in [4.69, 9.17) is 4.74 Å². The Morgan fingerprint density at radius 3 is 2.58 bits per heavy atom. The number of rotatable bonds is 7. The van der Waals surface area contributed by atoms with Crippen LogP contribution in [0.4, 0.5) is 0 Å². The molecule has 0 fully saturated rings. The third-order valence-electron chi connectivity index (χ3n) is 3.91. The van der Waals surface area contributed by atoms with Crippen LogP contribution < -0.4 is 0 Å². The fourth-order valence-electron chi connectivity index (χ4n) is 2.46. The Kier molecular flexibility index (Phi) is 6.06. The number of hydrogen-bond donors (Lipinski definition) is 0. The number of ether oxygens (including phenoxy) is 1. The highest BCUT2D eigenvalue weighted by Crippen LogP contribution is 2.29. The zero-order chi connectivity index (χ0) is 18.5. The number of benzene rings is 2. The first-order valence-corrected chi connectivity index (χ1v) is 10.2. The lowest BCUT2D eigenvalue weighted by atomic mass is 10.0. The van der Waals surface area contributed by atoms with Crippen molar-refractivity contribution in [3.05, 3.63) is 59.7 Å². The summed E-state index contributed by atoms with van der Waals surface area (Å²) in [5.41, 5.74) is 2.65. The molecule has 0 amide bonds. The fraction of sp³-hybridized carbons (Fsp3) is 0.250. The SMILES string of the molecule is CCc1ccc(C(=O)[C@H](C)OC(=O)CSc2nc3ccccc3s2)cc1. The fourth-order valence-corrected chi connectivity index (χ4v) is 4.31. The summed E-state index contributed by atoms with van der Waals surface area (Å²) in [6, 6.07) is 15.2. The molecule has 1 atom stereocenters. The molecule has 0 N–H and O–H groups in total. The molecule has 0 aliphatic carbocycles. The summed E-state index contributed by atoms with van der Waals surface area (Å²) < 4.78 is 7.19. The molecule has 26 heavy (non-hydrogen) atoms. The average Bonchev–Trinajstić information content (AvgIpc) is 3.09. The van der Waals surface area contributed by atoms with E-state index in [1.165, 1.54) is 17.3 Å². The van der Waals surface area contributed by atoms with Crippen molar-refractivity contribution in [2.75, 3.05) is 5.75 Å². The molecule has 0 saturated carbocycles. The molecule has 0 saturated heterocycles.